The molecule has 0 saturated carbocycles. The second-order valence-electron chi connectivity index (χ2n) is 10.3. The summed E-state index contributed by atoms with van der Waals surface area (Å²) in [4.78, 5) is 26.0. The normalized spacial score (nSPS) is 18.4. The summed E-state index contributed by atoms with van der Waals surface area (Å²) >= 11 is 5.98. The molecular weight excluding hydrogens is 534 g/mol. The maximum Gasteiger partial charge on any atom is 0.364 e. The van der Waals surface area contributed by atoms with Gasteiger partial charge >= 0.3 is 5.63 Å². The van der Waals surface area contributed by atoms with E-state index in [1.165, 1.54) is 0 Å². The summed E-state index contributed by atoms with van der Waals surface area (Å²) in [7, 11) is 1.66. The van der Waals surface area contributed by atoms with Crippen molar-refractivity contribution in [1.82, 2.24) is 0 Å². The summed E-state index contributed by atoms with van der Waals surface area (Å²) in [6.45, 7) is 5.63. The number of benzene rings is 3. The Morgan fingerprint density at radius 2 is 1.82 bits per heavy atom. The largest absolute Gasteiger partial charge is 0.505 e. The van der Waals surface area contributed by atoms with Gasteiger partial charge in [-0.1, -0.05) is 35.9 Å². The molecule has 8 nitrogen and oxygen atoms in total. The van der Waals surface area contributed by atoms with Crippen LogP contribution in [0.5, 0.6) is 11.5 Å². The van der Waals surface area contributed by atoms with E-state index in [1.54, 1.807) is 56.5 Å². The van der Waals surface area contributed by atoms with Crippen molar-refractivity contribution in [2.24, 2.45) is 0 Å². The molecule has 0 radical (unpaired) electrons. The molecule has 1 saturated heterocycles. The van der Waals surface area contributed by atoms with Gasteiger partial charge in [0.1, 0.15) is 11.3 Å². The molecule has 0 bridgehead atoms. The number of carbonyl (C=O) groups excluding carboxylic acids is 1. The fraction of sp³-hybridized carbons (Fsp3) is 0.290. The number of amides is 1. The Balaban J connectivity index is 1.39. The first-order valence-electron chi connectivity index (χ1n) is 12.9. The molecule has 1 aromatic heterocycles. The van der Waals surface area contributed by atoms with Gasteiger partial charge in [0, 0.05) is 29.7 Å². The van der Waals surface area contributed by atoms with Gasteiger partial charge in [0.2, 0.25) is 6.29 Å². The van der Waals surface area contributed by atoms with Gasteiger partial charge in [0.05, 0.1) is 17.1 Å². The second kappa shape index (κ2) is 11.0. The summed E-state index contributed by atoms with van der Waals surface area (Å²) in [6.07, 6.45) is 0.829. The number of aryl methyl sites for hydroxylation is 1. The number of anilines is 1. The van der Waals surface area contributed by atoms with Crippen LogP contribution in [0.15, 0.2) is 69.9 Å². The van der Waals surface area contributed by atoms with Crippen LogP contribution in [0, 0.1) is 6.92 Å². The quantitative estimate of drug-likeness (QED) is 0.252. The lowest BCUT2D eigenvalue weighted by Gasteiger charge is -2.41. The number of nitrogens with one attached hydrogen (secondary N) is 1. The van der Waals surface area contributed by atoms with Crippen LogP contribution in [0.2, 0.25) is 5.02 Å². The third-order valence-corrected chi connectivity index (χ3v) is 7.46. The van der Waals surface area contributed by atoms with Crippen molar-refractivity contribution in [3.63, 3.8) is 0 Å². The number of hydrogen-bond donors (Lipinski definition) is 2. The van der Waals surface area contributed by atoms with E-state index in [-0.39, 0.29) is 28.5 Å². The molecule has 3 aromatic carbocycles. The van der Waals surface area contributed by atoms with Crippen LogP contribution in [0.25, 0.3) is 22.1 Å². The van der Waals surface area contributed by atoms with Gasteiger partial charge in [-0.25, -0.2) is 4.79 Å². The Morgan fingerprint density at radius 1 is 1.07 bits per heavy atom. The van der Waals surface area contributed by atoms with Gasteiger partial charge in [-0.3, -0.25) is 4.79 Å². The van der Waals surface area contributed by atoms with Crippen LogP contribution >= 0.6 is 11.6 Å². The molecule has 40 heavy (non-hydrogen) atoms. The summed E-state index contributed by atoms with van der Waals surface area (Å²) < 4.78 is 23.3. The first-order chi connectivity index (χ1) is 19.1. The minimum absolute atomic E-state index is 0.0476. The molecule has 1 amide bonds. The summed E-state index contributed by atoms with van der Waals surface area (Å²) in [5.41, 5.74) is 0.899. The number of carbonyl (C=O) groups is 1. The molecule has 0 spiro atoms. The zero-order valence-electron chi connectivity index (χ0n) is 22.6. The minimum atomic E-state index is -0.884. The van der Waals surface area contributed by atoms with Crippen molar-refractivity contribution >= 4 is 34.2 Å². The lowest BCUT2D eigenvalue weighted by molar-refractivity contribution is -0.233. The highest BCUT2D eigenvalue weighted by molar-refractivity contribution is 6.30. The highest BCUT2D eigenvalue weighted by Gasteiger charge is 2.39. The molecule has 2 atom stereocenters. The number of methoxy groups -OCH3 is 1. The lowest BCUT2D eigenvalue weighted by atomic mass is 9.94. The molecular formula is C31H30ClNO7. The number of rotatable bonds is 6. The third kappa shape index (κ3) is 5.43. The first-order valence-corrected chi connectivity index (χ1v) is 13.3. The van der Waals surface area contributed by atoms with Crippen molar-refractivity contribution in [2.75, 3.05) is 12.4 Å². The summed E-state index contributed by atoms with van der Waals surface area (Å²) in [5.74, 6) is -0.496. The highest BCUT2D eigenvalue weighted by atomic mass is 35.5. The van der Waals surface area contributed by atoms with Gasteiger partial charge < -0.3 is 29.1 Å². The molecule has 2 heterocycles. The van der Waals surface area contributed by atoms with Crippen LogP contribution in [0.3, 0.4) is 0 Å². The van der Waals surface area contributed by atoms with E-state index in [0.29, 0.717) is 28.3 Å². The van der Waals surface area contributed by atoms with Gasteiger partial charge in [0.25, 0.3) is 5.91 Å². The zero-order valence-corrected chi connectivity index (χ0v) is 23.4. The fourth-order valence-electron chi connectivity index (χ4n) is 5.01. The van der Waals surface area contributed by atoms with E-state index in [0.717, 1.165) is 17.5 Å². The van der Waals surface area contributed by atoms with Gasteiger partial charge in [0.15, 0.2) is 11.4 Å². The Morgan fingerprint density at radius 3 is 2.52 bits per heavy atom. The molecule has 0 unspecified atom stereocenters. The molecule has 9 heteroatoms. The summed E-state index contributed by atoms with van der Waals surface area (Å²) in [5, 5.41) is 14.4. The number of aromatic hydroxyl groups is 1. The fourth-order valence-corrected chi connectivity index (χ4v) is 5.13. The van der Waals surface area contributed by atoms with Crippen molar-refractivity contribution < 1.29 is 28.5 Å². The zero-order chi connectivity index (χ0) is 28.6. The molecule has 2 N–H and O–H groups in total. The maximum atomic E-state index is 13.1. The predicted octanol–water partition coefficient (Wildman–Crippen LogP) is 6.69. The molecule has 5 rings (SSSR count). The lowest BCUT2D eigenvalue weighted by Crippen LogP contribution is -2.49. The van der Waals surface area contributed by atoms with Gasteiger partial charge in [-0.05, 0) is 74.7 Å². The van der Waals surface area contributed by atoms with Crippen molar-refractivity contribution in [2.45, 2.75) is 51.6 Å². The monoisotopic (exact) mass is 563 g/mol. The maximum absolute atomic E-state index is 13.1. The summed E-state index contributed by atoms with van der Waals surface area (Å²) in [6, 6.07) is 17.4. The molecule has 1 aliphatic heterocycles. The molecule has 1 aliphatic rings. The molecule has 1 fully saturated rings. The average Bonchev–Trinajstić information content (AvgIpc) is 2.93. The van der Waals surface area contributed by atoms with Crippen molar-refractivity contribution in [1.29, 1.82) is 0 Å². The van der Waals surface area contributed by atoms with Crippen LogP contribution in [0.4, 0.5) is 5.69 Å². The van der Waals surface area contributed by atoms with E-state index in [4.69, 9.17) is 30.2 Å². The SMILES string of the molecule is CO[C@@H]1CC[C@H](Oc2ccc3c(O)c(NC(=O)c4cccc(-c5ccc(Cl)cc5)c4)c(=O)oc3c2C)OC1(C)C. The van der Waals surface area contributed by atoms with Crippen LogP contribution in [-0.2, 0) is 9.47 Å². The molecule has 0 aliphatic carbocycles. The third-order valence-electron chi connectivity index (χ3n) is 7.21. The molecule has 208 valence electrons. The second-order valence-corrected chi connectivity index (χ2v) is 10.7. The van der Waals surface area contributed by atoms with E-state index in [2.05, 4.69) is 5.32 Å². The Bertz CT molecular complexity index is 1630. The Labute approximate surface area is 236 Å². The topological polar surface area (TPSA) is 107 Å². The number of halogens is 1. The van der Waals surface area contributed by atoms with E-state index in [1.807, 2.05) is 32.0 Å². The smallest absolute Gasteiger partial charge is 0.364 e. The van der Waals surface area contributed by atoms with Gasteiger partial charge in [-0.2, -0.15) is 0 Å². The Hall–Kier alpha value is -3.85. The predicted molar refractivity (Wildman–Crippen MR) is 153 cm³/mol. The molecule has 4 aromatic rings. The van der Waals surface area contributed by atoms with E-state index >= 15 is 0 Å². The number of ether oxygens (including phenoxy) is 3. The van der Waals surface area contributed by atoms with E-state index in [9.17, 15) is 14.7 Å². The number of hydrogen-bond acceptors (Lipinski definition) is 7. The van der Waals surface area contributed by atoms with Crippen LogP contribution < -0.4 is 15.7 Å². The van der Waals surface area contributed by atoms with E-state index < -0.39 is 23.4 Å². The van der Waals surface area contributed by atoms with Crippen LogP contribution in [-0.4, -0.2) is 36.1 Å². The van der Waals surface area contributed by atoms with Crippen molar-refractivity contribution in [3.8, 4) is 22.6 Å². The van der Waals surface area contributed by atoms with Crippen molar-refractivity contribution in [3.05, 3.63) is 87.2 Å². The Kier molecular flexibility index (Phi) is 7.59. The van der Waals surface area contributed by atoms with Crippen LogP contribution in [0.1, 0.15) is 42.6 Å². The standard InChI is InChI=1S/C31H30ClNO7/c1-17-23(38-25-15-14-24(37-4)31(2,3)40-25)13-12-22-27(34)26(30(36)39-28(17)22)33-29(35)20-7-5-6-19(16-20)18-8-10-21(32)11-9-18/h5-13,16,24-25,34H,14-15H2,1-4H3,(H,33,35)/t24-,25-/m1/s1. The minimum Gasteiger partial charge on any atom is -0.505 e. The average molecular weight is 564 g/mol. The highest BCUT2D eigenvalue weighted by Crippen LogP contribution is 2.37. The number of fused-ring (bicyclic) bond motifs is 1. The first kappa shape index (κ1) is 27.7. The van der Waals surface area contributed by atoms with Gasteiger partial charge in [-0.15, -0.1) is 0 Å².